The van der Waals surface area contributed by atoms with Gasteiger partial charge in [0.1, 0.15) is 0 Å². The Morgan fingerprint density at radius 1 is 1.53 bits per heavy atom. The van der Waals surface area contributed by atoms with Crippen LogP contribution in [-0.4, -0.2) is 34.0 Å². The lowest BCUT2D eigenvalue weighted by Crippen LogP contribution is -2.41. The Morgan fingerprint density at radius 3 is 2.76 bits per heavy atom. The van der Waals surface area contributed by atoms with Gasteiger partial charge in [0.15, 0.2) is 5.82 Å². The highest BCUT2D eigenvalue weighted by molar-refractivity contribution is 5.87. The van der Waals surface area contributed by atoms with Crippen molar-refractivity contribution in [2.24, 2.45) is 5.41 Å². The number of urea groups is 1. The lowest BCUT2D eigenvalue weighted by atomic mass is 9.89. The minimum atomic E-state index is -0.602. The quantitative estimate of drug-likeness (QED) is 0.733. The second kappa shape index (κ2) is 5.58. The molecule has 1 heterocycles. The fourth-order valence-electron chi connectivity index (χ4n) is 1.02. The van der Waals surface area contributed by atoms with Crippen LogP contribution in [0.15, 0.2) is 18.3 Å². The fourth-order valence-corrected chi connectivity index (χ4v) is 1.02. The minimum absolute atomic E-state index is 0.190. The molecular formula is C11H18N4O2. The number of aromatic nitrogens is 2. The molecule has 1 unspecified atom stereocenters. The van der Waals surface area contributed by atoms with Crippen molar-refractivity contribution in [3.05, 3.63) is 18.3 Å². The van der Waals surface area contributed by atoms with Gasteiger partial charge in [0, 0.05) is 12.7 Å². The van der Waals surface area contributed by atoms with Gasteiger partial charge in [-0.1, -0.05) is 20.8 Å². The SMILES string of the molecule is CC(C)(C)C(O)CNC(=O)Nc1cccnn1. The molecule has 1 aromatic heterocycles. The molecule has 6 heteroatoms. The molecule has 94 valence electrons. The summed E-state index contributed by atoms with van der Waals surface area (Å²) in [6.45, 7) is 5.90. The first-order valence-electron chi connectivity index (χ1n) is 5.40. The van der Waals surface area contributed by atoms with E-state index in [-0.39, 0.29) is 12.0 Å². The van der Waals surface area contributed by atoms with Crippen LogP contribution in [0, 0.1) is 5.41 Å². The van der Waals surface area contributed by atoms with E-state index < -0.39 is 12.1 Å². The first kappa shape index (κ1) is 13.4. The number of nitrogens with zero attached hydrogens (tertiary/aromatic N) is 2. The smallest absolute Gasteiger partial charge is 0.320 e. The number of amides is 2. The molecule has 0 saturated carbocycles. The summed E-state index contributed by atoms with van der Waals surface area (Å²) in [7, 11) is 0. The number of aliphatic hydroxyl groups is 1. The number of aliphatic hydroxyl groups excluding tert-OH is 1. The van der Waals surface area contributed by atoms with E-state index in [1.807, 2.05) is 20.8 Å². The van der Waals surface area contributed by atoms with Gasteiger partial charge in [0.2, 0.25) is 0 Å². The second-order valence-electron chi connectivity index (χ2n) is 4.83. The topological polar surface area (TPSA) is 87.1 Å². The number of hydrogen-bond acceptors (Lipinski definition) is 4. The Hall–Kier alpha value is -1.69. The third kappa shape index (κ3) is 4.78. The van der Waals surface area contributed by atoms with Gasteiger partial charge in [0.05, 0.1) is 6.10 Å². The molecule has 0 spiro atoms. The third-order valence-electron chi connectivity index (χ3n) is 2.27. The molecule has 3 N–H and O–H groups in total. The summed E-state index contributed by atoms with van der Waals surface area (Å²) in [5.41, 5.74) is -0.264. The zero-order valence-electron chi connectivity index (χ0n) is 10.3. The molecular weight excluding hydrogens is 220 g/mol. The highest BCUT2D eigenvalue weighted by Crippen LogP contribution is 2.18. The first-order valence-corrected chi connectivity index (χ1v) is 5.40. The normalized spacial score (nSPS) is 12.9. The van der Waals surface area contributed by atoms with Crippen LogP contribution < -0.4 is 10.6 Å². The molecule has 0 aromatic carbocycles. The number of carbonyl (C=O) groups is 1. The van der Waals surface area contributed by atoms with Crippen molar-refractivity contribution in [2.75, 3.05) is 11.9 Å². The molecule has 0 aliphatic rings. The van der Waals surface area contributed by atoms with Crippen molar-refractivity contribution >= 4 is 11.8 Å². The summed E-state index contributed by atoms with van der Waals surface area (Å²) in [4.78, 5) is 11.4. The molecule has 0 radical (unpaired) electrons. The molecule has 1 aromatic rings. The van der Waals surface area contributed by atoms with E-state index in [4.69, 9.17) is 0 Å². The molecule has 0 bridgehead atoms. The summed E-state index contributed by atoms with van der Waals surface area (Å²) in [6.07, 6.45) is 0.919. The zero-order chi connectivity index (χ0) is 12.9. The summed E-state index contributed by atoms with van der Waals surface area (Å²) >= 11 is 0. The van der Waals surface area contributed by atoms with Gasteiger partial charge < -0.3 is 10.4 Å². The van der Waals surface area contributed by atoms with Crippen molar-refractivity contribution < 1.29 is 9.90 Å². The largest absolute Gasteiger partial charge is 0.391 e. The predicted octanol–water partition coefficient (Wildman–Crippen LogP) is 1.01. The maximum atomic E-state index is 11.4. The van der Waals surface area contributed by atoms with Crippen molar-refractivity contribution in [2.45, 2.75) is 26.9 Å². The van der Waals surface area contributed by atoms with E-state index in [0.29, 0.717) is 5.82 Å². The Kier molecular flexibility index (Phi) is 4.39. The Bertz CT molecular complexity index is 361. The van der Waals surface area contributed by atoms with E-state index in [2.05, 4.69) is 20.8 Å². The molecule has 17 heavy (non-hydrogen) atoms. The van der Waals surface area contributed by atoms with Gasteiger partial charge in [0.25, 0.3) is 0 Å². The Morgan fingerprint density at radius 2 is 2.24 bits per heavy atom. The molecule has 0 fully saturated rings. The van der Waals surface area contributed by atoms with E-state index in [0.717, 1.165) is 0 Å². The van der Waals surface area contributed by atoms with E-state index >= 15 is 0 Å². The molecule has 1 atom stereocenters. The van der Waals surface area contributed by atoms with Crippen molar-refractivity contribution in [1.82, 2.24) is 15.5 Å². The molecule has 0 saturated heterocycles. The molecule has 0 aliphatic heterocycles. The number of nitrogens with one attached hydrogen (secondary N) is 2. The first-order chi connectivity index (χ1) is 7.89. The average Bonchev–Trinajstić information content (AvgIpc) is 2.26. The number of hydrogen-bond donors (Lipinski definition) is 3. The summed E-state index contributed by atoms with van der Waals surface area (Å²) in [6, 6.07) is 2.90. The molecule has 6 nitrogen and oxygen atoms in total. The fraction of sp³-hybridized carbons (Fsp3) is 0.545. The van der Waals surface area contributed by atoms with Gasteiger partial charge in [-0.25, -0.2) is 4.79 Å². The highest BCUT2D eigenvalue weighted by atomic mass is 16.3. The Balaban J connectivity index is 2.36. The van der Waals surface area contributed by atoms with Crippen LogP contribution in [0.3, 0.4) is 0 Å². The maximum absolute atomic E-state index is 11.4. The molecule has 1 rings (SSSR count). The number of anilines is 1. The maximum Gasteiger partial charge on any atom is 0.320 e. The van der Waals surface area contributed by atoms with Crippen LogP contribution in [0.4, 0.5) is 10.6 Å². The third-order valence-corrected chi connectivity index (χ3v) is 2.27. The van der Waals surface area contributed by atoms with Crippen LogP contribution in [0.1, 0.15) is 20.8 Å². The van der Waals surface area contributed by atoms with E-state index in [9.17, 15) is 9.90 Å². The monoisotopic (exact) mass is 238 g/mol. The van der Waals surface area contributed by atoms with Crippen LogP contribution in [0.25, 0.3) is 0 Å². The molecule has 2 amide bonds. The van der Waals surface area contributed by atoms with Crippen LogP contribution in [0.2, 0.25) is 0 Å². The van der Waals surface area contributed by atoms with Gasteiger partial charge in [-0.3, -0.25) is 5.32 Å². The highest BCUT2D eigenvalue weighted by Gasteiger charge is 2.22. The number of rotatable bonds is 3. The van der Waals surface area contributed by atoms with Crippen LogP contribution in [-0.2, 0) is 0 Å². The Labute approximate surface area is 100 Å². The predicted molar refractivity (Wildman–Crippen MR) is 64.5 cm³/mol. The second-order valence-corrected chi connectivity index (χ2v) is 4.83. The van der Waals surface area contributed by atoms with Crippen LogP contribution >= 0.6 is 0 Å². The van der Waals surface area contributed by atoms with Gasteiger partial charge in [-0.15, -0.1) is 5.10 Å². The summed E-state index contributed by atoms with van der Waals surface area (Å²) in [5.74, 6) is 0.371. The minimum Gasteiger partial charge on any atom is -0.391 e. The molecule has 0 aliphatic carbocycles. The average molecular weight is 238 g/mol. The van der Waals surface area contributed by atoms with Gasteiger partial charge >= 0.3 is 6.03 Å². The van der Waals surface area contributed by atoms with Crippen molar-refractivity contribution in [3.63, 3.8) is 0 Å². The van der Waals surface area contributed by atoms with E-state index in [1.165, 1.54) is 6.20 Å². The lowest BCUT2D eigenvalue weighted by Gasteiger charge is -2.25. The van der Waals surface area contributed by atoms with Gasteiger partial charge in [-0.2, -0.15) is 5.10 Å². The summed E-state index contributed by atoms with van der Waals surface area (Å²) < 4.78 is 0. The lowest BCUT2D eigenvalue weighted by molar-refractivity contribution is 0.0654. The van der Waals surface area contributed by atoms with Crippen molar-refractivity contribution in [1.29, 1.82) is 0 Å². The summed E-state index contributed by atoms with van der Waals surface area (Å²) in [5, 5.41) is 22.2. The zero-order valence-corrected chi connectivity index (χ0v) is 10.3. The van der Waals surface area contributed by atoms with Crippen molar-refractivity contribution in [3.8, 4) is 0 Å². The van der Waals surface area contributed by atoms with Crippen LogP contribution in [0.5, 0.6) is 0 Å². The standard InChI is InChI=1S/C11H18N4O2/c1-11(2,3)8(16)7-12-10(17)14-9-5-4-6-13-15-9/h4-6,8,16H,7H2,1-3H3,(H2,12,14,15,17). The number of carbonyl (C=O) groups excluding carboxylic acids is 1. The van der Waals surface area contributed by atoms with E-state index in [1.54, 1.807) is 12.1 Å². The van der Waals surface area contributed by atoms with Gasteiger partial charge in [-0.05, 0) is 17.5 Å².